The van der Waals surface area contributed by atoms with Crippen LogP contribution < -0.4 is 5.32 Å². The molecule has 0 spiro atoms. The molecule has 0 saturated carbocycles. The van der Waals surface area contributed by atoms with Crippen LogP contribution in [0.15, 0.2) is 96.5 Å². The van der Waals surface area contributed by atoms with Crippen molar-refractivity contribution in [1.29, 1.82) is 0 Å². The van der Waals surface area contributed by atoms with Crippen LogP contribution in [-0.2, 0) is 23.1 Å². The lowest BCUT2D eigenvalue weighted by atomic mass is 10.2. The number of anilines is 1. The van der Waals surface area contributed by atoms with E-state index in [0.29, 0.717) is 12.4 Å². The molecule has 6 heteroatoms. The molecule has 0 aliphatic rings. The van der Waals surface area contributed by atoms with E-state index in [1.54, 1.807) is 18.2 Å². The number of nitrogens with one attached hydrogen (secondary N) is 1. The molecule has 3 aromatic rings. The number of benzene rings is 2. The fourth-order valence-corrected chi connectivity index (χ4v) is 4.13. The van der Waals surface area contributed by atoms with Crippen LogP contribution >= 0.6 is 0 Å². The van der Waals surface area contributed by atoms with Crippen LogP contribution in [0.2, 0.25) is 0 Å². The zero-order valence-corrected chi connectivity index (χ0v) is 16.3. The molecule has 0 aliphatic heterocycles. The van der Waals surface area contributed by atoms with Gasteiger partial charge in [0.2, 0.25) is 10.0 Å². The molecule has 0 saturated heterocycles. The zero-order valence-electron chi connectivity index (χ0n) is 15.5. The van der Waals surface area contributed by atoms with E-state index in [-0.39, 0.29) is 18.0 Å². The summed E-state index contributed by atoms with van der Waals surface area (Å²) in [5.74, 6) is 0.608. The summed E-state index contributed by atoms with van der Waals surface area (Å²) >= 11 is 0. The lowest BCUT2D eigenvalue weighted by Crippen LogP contribution is -2.30. The van der Waals surface area contributed by atoms with Gasteiger partial charge in [0, 0.05) is 25.8 Å². The molecule has 3 rings (SSSR count). The highest BCUT2D eigenvalue weighted by Crippen LogP contribution is 2.21. The Morgan fingerprint density at radius 1 is 0.893 bits per heavy atom. The molecule has 28 heavy (non-hydrogen) atoms. The molecule has 5 nitrogen and oxygen atoms in total. The second-order valence-electron chi connectivity index (χ2n) is 6.29. The average Bonchev–Trinajstić information content (AvgIpc) is 2.73. The molecule has 0 aliphatic carbocycles. The van der Waals surface area contributed by atoms with Crippen molar-refractivity contribution in [2.24, 2.45) is 0 Å². The van der Waals surface area contributed by atoms with Crippen molar-refractivity contribution >= 4 is 15.8 Å². The Balaban J connectivity index is 1.89. The summed E-state index contributed by atoms with van der Waals surface area (Å²) < 4.78 is 28.1. The van der Waals surface area contributed by atoms with Gasteiger partial charge < -0.3 is 5.32 Å². The van der Waals surface area contributed by atoms with Gasteiger partial charge >= 0.3 is 0 Å². The maximum absolute atomic E-state index is 13.3. The summed E-state index contributed by atoms with van der Waals surface area (Å²) in [5, 5.41) is 3.04. The van der Waals surface area contributed by atoms with Gasteiger partial charge in [-0.2, -0.15) is 4.31 Å². The Morgan fingerprint density at radius 3 is 1.93 bits per heavy atom. The van der Waals surface area contributed by atoms with Gasteiger partial charge in [-0.1, -0.05) is 66.7 Å². The van der Waals surface area contributed by atoms with E-state index >= 15 is 0 Å². The predicted octanol–water partition coefficient (Wildman–Crippen LogP) is 4.07. The monoisotopic (exact) mass is 393 g/mol. The van der Waals surface area contributed by atoms with Crippen molar-refractivity contribution in [3.63, 3.8) is 0 Å². The van der Waals surface area contributed by atoms with Crippen LogP contribution in [0.3, 0.4) is 0 Å². The van der Waals surface area contributed by atoms with Crippen molar-refractivity contribution in [2.45, 2.75) is 18.0 Å². The summed E-state index contributed by atoms with van der Waals surface area (Å²) in [6.07, 6.45) is 3.11. The third-order valence-corrected chi connectivity index (χ3v) is 5.98. The largest absolute Gasteiger partial charge is 0.367 e. The molecule has 2 aromatic carbocycles. The first-order chi connectivity index (χ1) is 13.6. The highest BCUT2D eigenvalue weighted by Gasteiger charge is 2.25. The minimum Gasteiger partial charge on any atom is -0.367 e. The molecule has 0 amide bonds. The lowest BCUT2D eigenvalue weighted by Gasteiger charge is -2.22. The Morgan fingerprint density at radius 2 is 1.46 bits per heavy atom. The molecular weight excluding hydrogens is 370 g/mol. The van der Waals surface area contributed by atoms with Gasteiger partial charge in [-0.3, -0.25) is 0 Å². The molecule has 1 heterocycles. The highest BCUT2D eigenvalue weighted by molar-refractivity contribution is 7.89. The normalized spacial score (nSPS) is 11.3. The van der Waals surface area contributed by atoms with Crippen molar-refractivity contribution in [1.82, 2.24) is 9.29 Å². The first-order valence-corrected chi connectivity index (χ1v) is 10.4. The molecule has 0 atom stereocenters. The maximum atomic E-state index is 13.3. The zero-order chi connectivity index (χ0) is 19.8. The van der Waals surface area contributed by atoms with Gasteiger partial charge in [0.1, 0.15) is 10.7 Å². The van der Waals surface area contributed by atoms with Gasteiger partial charge in [-0.25, -0.2) is 13.4 Å². The summed E-state index contributed by atoms with van der Waals surface area (Å²) in [6.45, 7) is 4.78. The highest BCUT2D eigenvalue weighted by atomic mass is 32.2. The van der Waals surface area contributed by atoms with E-state index < -0.39 is 10.0 Å². The first-order valence-electron chi connectivity index (χ1n) is 8.98. The SMILES string of the molecule is C=CCNc1ccc(S(=O)(=O)N(Cc2ccccc2)Cc2ccccc2)cn1. The fourth-order valence-electron chi connectivity index (χ4n) is 2.76. The topological polar surface area (TPSA) is 62.3 Å². The molecule has 0 fully saturated rings. The van der Waals surface area contributed by atoms with Crippen LogP contribution in [0.4, 0.5) is 5.82 Å². The average molecular weight is 394 g/mol. The van der Waals surface area contributed by atoms with Crippen molar-refractivity contribution in [3.8, 4) is 0 Å². The summed E-state index contributed by atoms with van der Waals surface area (Å²) in [4.78, 5) is 4.38. The minimum atomic E-state index is -3.71. The van der Waals surface area contributed by atoms with Crippen LogP contribution in [0.5, 0.6) is 0 Å². The van der Waals surface area contributed by atoms with Crippen LogP contribution in [-0.4, -0.2) is 24.3 Å². The fraction of sp³-hybridized carbons (Fsp3) is 0.136. The Labute approximate surface area is 166 Å². The van der Waals surface area contributed by atoms with Gasteiger partial charge in [-0.05, 0) is 23.3 Å². The predicted molar refractivity (Wildman–Crippen MR) is 112 cm³/mol. The molecule has 0 radical (unpaired) electrons. The number of aromatic nitrogens is 1. The van der Waals surface area contributed by atoms with E-state index in [1.165, 1.54) is 10.5 Å². The number of hydrogen-bond donors (Lipinski definition) is 1. The number of rotatable bonds is 9. The minimum absolute atomic E-state index is 0.170. The van der Waals surface area contributed by atoms with E-state index in [9.17, 15) is 8.42 Å². The molecule has 1 N–H and O–H groups in total. The van der Waals surface area contributed by atoms with E-state index in [0.717, 1.165) is 11.1 Å². The second kappa shape index (κ2) is 9.30. The standard InChI is InChI=1S/C22H23N3O2S/c1-2-15-23-22-14-13-21(16-24-22)28(26,27)25(17-19-9-5-3-6-10-19)18-20-11-7-4-8-12-20/h2-14,16H,1,15,17-18H2,(H,23,24). The third kappa shape index (κ3) is 5.06. The van der Waals surface area contributed by atoms with E-state index in [1.807, 2.05) is 60.7 Å². The van der Waals surface area contributed by atoms with Crippen LogP contribution in [0, 0.1) is 0 Å². The quantitative estimate of drug-likeness (QED) is 0.557. The van der Waals surface area contributed by atoms with Crippen LogP contribution in [0.25, 0.3) is 0 Å². The third-order valence-electron chi connectivity index (χ3n) is 4.21. The van der Waals surface area contributed by atoms with Gasteiger partial charge in [0.05, 0.1) is 0 Å². The maximum Gasteiger partial charge on any atom is 0.245 e. The van der Waals surface area contributed by atoms with Crippen LogP contribution in [0.1, 0.15) is 11.1 Å². The Hall–Kier alpha value is -2.96. The summed E-state index contributed by atoms with van der Waals surface area (Å²) in [6, 6.07) is 22.4. The van der Waals surface area contributed by atoms with E-state index in [4.69, 9.17) is 0 Å². The first kappa shape index (κ1) is 19.8. The van der Waals surface area contributed by atoms with Gasteiger partial charge in [0.15, 0.2) is 0 Å². The van der Waals surface area contributed by atoms with Gasteiger partial charge in [-0.15, -0.1) is 6.58 Å². The number of hydrogen-bond acceptors (Lipinski definition) is 4. The van der Waals surface area contributed by atoms with Gasteiger partial charge in [0.25, 0.3) is 0 Å². The number of sulfonamides is 1. The Kier molecular flexibility index (Phi) is 6.57. The number of nitrogens with zero attached hydrogens (tertiary/aromatic N) is 2. The van der Waals surface area contributed by atoms with Crippen molar-refractivity contribution in [3.05, 3.63) is 103 Å². The Bertz CT molecular complexity index is 947. The number of pyridine rings is 1. The smallest absolute Gasteiger partial charge is 0.245 e. The molecule has 0 unspecified atom stereocenters. The molecule has 1 aromatic heterocycles. The lowest BCUT2D eigenvalue weighted by molar-refractivity contribution is 0.401. The molecule has 0 bridgehead atoms. The second-order valence-corrected chi connectivity index (χ2v) is 8.23. The van der Waals surface area contributed by atoms with Crippen molar-refractivity contribution in [2.75, 3.05) is 11.9 Å². The van der Waals surface area contributed by atoms with E-state index in [2.05, 4.69) is 16.9 Å². The van der Waals surface area contributed by atoms with Crippen molar-refractivity contribution < 1.29 is 8.42 Å². The molecule has 144 valence electrons. The molecular formula is C22H23N3O2S. The summed E-state index contributed by atoms with van der Waals surface area (Å²) in [7, 11) is -3.71. The summed E-state index contributed by atoms with van der Waals surface area (Å²) in [5.41, 5.74) is 1.86.